The quantitative estimate of drug-likeness (QED) is 0.452. The predicted molar refractivity (Wildman–Crippen MR) is 102 cm³/mol. The molecule has 2 rings (SSSR count). The van der Waals surface area contributed by atoms with Crippen molar-refractivity contribution in [1.29, 1.82) is 0 Å². The van der Waals surface area contributed by atoms with Crippen molar-refractivity contribution in [2.75, 3.05) is 0 Å². The molecule has 1 unspecified atom stereocenters. The van der Waals surface area contributed by atoms with E-state index in [-0.39, 0.29) is 0 Å². The minimum absolute atomic E-state index is 0.563. The Bertz CT molecular complexity index is 679. The fourth-order valence-electron chi connectivity index (χ4n) is 2.59. The lowest BCUT2D eigenvalue weighted by atomic mass is 10.0. The molecule has 0 bridgehead atoms. The maximum Gasteiger partial charge on any atom is 0.131 e. The van der Waals surface area contributed by atoms with Crippen LogP contribution in [-0.4, -0.2) is 16.1 Å². The molecular weight excluding hydrogens is 311 g/mol. The minimum Gasteiger partial charge on any atom is -0.252 e. The zero-order chi connectivity index (χ0) is 17.9. The maximum atomic E-state index is 12.7. The van der Waals surface area contributed by atoms with Gasteiger partial charge in [0.1, 0.15) is 5.69 Å². The van der Waals surface area contributed by atoms with Gasteiger partial charge in [-0.25, -0.2) is 9.37 Å². The van der Waals surface area contributed by atoms with Crippen LogP contribution in [0.15, 0.2) is 36.7 Å². The van der Waals surface area contributed by atoms with E-state index in [1.54, 1.807) is 19.3 Å². The number of rotatable bonds is 8. The average molecular weight is 338 g/mol. The molecule has 1 aromatic carbocycles. The van der Waals surface area contributed by atoms with Gasteiger partial charge in [0.05, 0.1) is 24.3 Å². The summed E-state index contributed by atoms with van der Waals surface area (Å²) < 4.78 is 12.7. The van der Waals surface area contributed by atoms with Crippen LogP contribution < -0.4 is 0 Å². The largest absolute Gasteiger partial charge is 0.252 e. The molecule has 0 amide bonds. The van der Waals surface area contributed by atoms with E-state index in [1.165, 1.54) is 24.8 Å². The normalized spacial score (nSPS) is 11.6. The zero-order valence-corrected chi connectivity index (χ0v) is 15.3. The van der Waals surface area contributed by atoms with Crippen LogP contribution in [0.2, 0.25) is 0 Å². The van der Waals surface area contributed by atoms with Crippen molar-refractivity contribution in [3.8, 4) is 23.1 Å². The van der Waals surface area contributed by atoms with Gasteiger partial charge in [-0.05, 0) is 44.1 Å². The molecule has 0 N–H and O–H groups in total. The molecule has 0 fully saturated rings. The molecule has 3 heteroatoms. The summed E-state index contributed by atoms with van der Waals surface area (Å²) in [5.74, 6) is 6.02. The molecule has 0 aliphatic heterocycles. The van der Waals surface area contributed by atoms with Crippen LogP contribution in [0.4, 0.5) is 4.39 Å². The number of halogens is 1. The van der Waals surface area contributed by atoms with Gasteiger partial charge in [-0.15, -0.1) is 0 Å². The third-order valence-corrected chi connectivity index (χ3v) is 4.09. The van der Waals surface area contributed by atoms with E-state index in [0.29, 0.717) is 18.5 Å². The number of alkyl halides is 1. The SMILES string of the molecule is CCCCCc1ccc(-c2cnc(C#CCCCC(C)F)cn2)cc1. The van der Waals surface area contributed by atoms with Crippen LogP contribution in [0.25, 0.3) is 11.3 Å². The molecule has 2 nitrogen and oxygen atoms in total. The van der Waals surface area contributed by atoms with E-state index < -0.39 is 6.17 Å². The Hall–Kier alpha value is -2.21. The van der Waals surface area contributed by atoms with Crippen LogP contribution >= 0.6 is 0 Å². The van der Waals surface area contributed by atoms with Gasteiger partial charge in [0, 0.05) is 12.0 Å². The summed E-state index contributed by atoms with van der Waals surface area (Å²) in [6.07, 6.45) is 9.66. The van der Waals surface area contributed by atoms with Gasteiger partial charge in [0.2, 0.25) is 0 Å². The molecule has 0 saturated carbocycles. The predicted octanol–water partition coefficient (Wildman–Crippen LogP) is 5.76. The highest BCUT2D eigenvalue weighted by atomic mass is 19.1. The summed E-state index contributed by atoms with van der Waals surface area (Å²) in [4.78, 5) is 8.82. The van der Waals surface area contributed by atoms with Gasteiger partial charge in [0.25, 0.3) is 0 Å². The van der Waals surface area contributed by atoms with Gasteiger partial charge in [-0.2, -0.15) is 0 Å². The van der Waals surface area contributed by atoms with Crippen LogP contribution in [-0.2, 0) is 6.42 Å². The average Bonchev–Trinajstić information content (AvgIpc) is 2.63. The van der Waals surface area contributed by atoms with Crippen molar-refractivity contribution >= 4 is 0 Å². The third-order valence-electron chi connectivity index (χ3n) is 4.09. The van der Waals surface area contributed by atoms with E-state index in [1.807, 2.05) is 0 Å². The van der Waals surface area contributed by atoms with Crippen LogP contribution in [0.3, 0.4) is 0 Å². The summed E-state index contributed by atoms with van der Waals surface area (Å²) in [5, 5.41) is 0. The second-order valence-corrected chi connectivity index (χ2v) is 6.42. The number of unbranched alkanes of at least 4 members (excludes halogenated alkanes) is 3. The van der Waals surface area contributed by atoms with Gasteiger partial charge >= 0.3 is 0 Å². The van der Waals surface area contributed by atoms with E-state index in [0.717, 1.165) is 24.1 Å². The monoisotopic (exact) mass is 338 g/mol. The molecule has 0 aliphatic carbocycles. The van der Waals surface area contributed by atoms with E-state index >= 15 is 0 Å². The zero-order valence-electron chi connectivity index (χ0n) is 15.3. The molecule has 132 valence electrons. The summed E-state index contributed by atoms with van der Waals surface area (Å²) >= 11 is 0. The lowest BCUT2D eigenvalue weighted by Crippen LogP contribution is -1.91. The molecule has 0 aliphatic rings. The van der Waals surface area contributed by atoms with Crippen molar-refractivity contribution in [2.45, 2.75) is 65.0 Å². The molecular formula is C22H27FN2. The van der Waals surface area contributed by atoms with Gasteiger partial charge in [-0.3, -0.25) is 4.98 Å². The molecule has 1 atom stereocenters. The Morgan fingerprint density at radius 3 is 2.48 bits per heavy atom. The van der Waals surface area contributed by atoms with Gasteiger partial charge in [0.15, 0.2) is 0 Å². The van der Waals surface area contributed by atoms with Crippen molar-refractivity contribution in [1.82, 2.24) is 9.97 Å². The highest BCUT2D eigenvalue weighted by molar-refractivity contribution is 5.58. The van der Waals surface area contributed by atoms with Crippen LogP contribution in [0.1, 0.15) is 63.6 Å². The van der Waals surface area contributed by atoms with Crippen molar-refractivity contribution in [2.24, 2.45) is 0 Å². The summed E-state index contributed by atoms with van der Waals surface area (Å²) in [7, 11) is 0. The second kappa shape index (κ2) is 10.6. The van der Waals surface area contributed by atoms with Crippen LogP contribution in [0.5, 0.6) is 0 Å². The number of hydrogen-bond acceptors (Lipinski definition) is 2. The Morgan fingerprint density at radius 1 is 1.04 bits per heavy atom. The molecule has 2 aromatic rings. The maximum absolute atomic E-state index is 12.7. The van der Waals surface area contributed by atoms with E-state index in [2.05, 4.69) is 53.0 Å². The van der Waals surface area contributed by atoms with E-state index in [4.69, 9.17) is 0 Å². The van der Waals surface area contributed by atoms with Gasteiger partial charge in [-0.1, -0.05) is 50.0 Å². The molecule has 0 radical (unpaired) electrons. The van der Waals surface area contributed by atoms with Crippen molar-refractivity contribution in [3.05, 3.63) is 47.9 Å². The fraction of sp³-hybridized carbons (Fsp3) is 0.455. The highest BCUT2D eigenvalue weighted by Crippen LogP contribution is 2.17. The first-order valence-electron chi connectivity index (χ1n) is 9.23. The summed E-state index contributed by atoms with van der Waals surface area (Å²) in [6, 6.07) is 8.56. The number of aromatic nitrogens is 2. The van der Waals surface area contributed by atoms with Gasteiger partial charge < -0.3 is 0 Å². The smallest absolute Gasteiger partial charge is 0.131 e. The van der Waals surface area contributed by atoms with Crippen LogP contribution in [0, 0.1) is 11.8 Å². The van der Waals surface area contributed by atoms with E-state index in [9.17, 15) is 4.39 Å². The standard InChI is InChI=1S/C22H27FN2/c1-3-4-6-10-19-12-14-20(15-13-19)22-17-24-21(16-25-22)11-8-5-7-9-18(2)23/h12-18H,3-7,9-10H2,1-2H3. The summed E-state index contributed by atoms with van der Waals surface area (Å²) in [6.45, 7) is 3.80. The highest BCUT2D eigenvalue weighted by Gasteiger charge is 2.01. The Morgan fingerprint density at radius 2 is 1.84 bits per heavy atom. The van der Waals surface area contributed by atoms with Crippen molar-refractivity contribution < 1.29 is 4.39 Å². The topological polar surface area (TPSA) is 25.8 Å². The molecule has 1 heterocycles. The Labute approximate surface area is 150 Å². The first-order valence-corrected chi connectivity index (χ1v) is 9.23. The molecule has 0 saturated heterocycles. The first-order chi connectivity index (χ1) is 12.2. The number of nitrogens with zero attached hydrogens (tertiary/aromatic N) is 2. The van der Waals surface area contributed by atoms with Crippen molar-refractivity contribution in [3.63, 3.8) is 0 Å². The first kappa shape index (κ1) is 19.1. The third kappa shape index (κ3) is 7.05. The lowest BCUT2D eigenvalue weighted by molar-refractivity contribution is 0.336. The molecule has 0 spiro atoms. The molecule has 25 heavy (non-hydrogen) atoms. The lowest BCUT2D eigenvalue weighted by Gasteiger charge is -2.04. The summed E-state index contributed by atoms with van der Waals surface area (Å²) in [5.41, 5.74) is 3.96. The Kier molecular flexibility index (Phi) is 8.12. The number of hydrogen-bond donors (Lipinski definition) is 0. The second-order valence-electron chi connectivity index (χ2n) is 6.42. The Balaban J connectivity index is 1.90. The number of aryl methyl sites for hydroxylation is 1. The number of benzene rings is 1. The molecule has 1 aromatic heterocycles. The fourth-order valence-corrected chi connectivity index (χ4v) is 2.59. The minimum atomic E-state index is -0.751.